The van der Waals surface area contributed by atoms with Crippen LogP contribution in [0.25, 0.3) is 6.08 Å². The van der Waals surface area contributed by atoms with Gasteiger partial charge in [0.25, 0.3) is 11.6 Å². The average molecular weight is 427 g/mol. The van der Waals surface area contributed by atoms with E-state index in [9.17, 15) is 19.7 Å². The number of nitrogens with zero attached hydrogens (tertiary/aromatic N) is 1. The summed E-state index contributed by atoms with van der Waals surface area (Å²) in [5, 5.41) is 13.7. The lowest BCUT2D eigenvalue weighted by Gasteiger charge is -2.11. The number of amides is 1. The van der Waals surface area contributed by atoms with Gasteiger partial charge in [-0.3, -0.25) is 14.9 Å². The quantitative estimate of drug-likeness (QED) is 0.260. The van der Waals surface area contributed by atoms with Gasteiger partial charge in [0, 0.05) is 12.1 Å². The van der Waals surface area contributed by atoms with Gasteiger partial charge in [-0.1, -0.05) is 35.9 Å². The summed E-state index contributed by atoms with van der Waals surface area (Å²) in [7, 11) is 0. The van der Waals surface area contributed by atoms with Crippen LogP contribution in [-0.4, -0.2) is 16.8 Å². The molecule has 1 heterocycles. The molecule has 0 bridgehead atoms. The first-order valence-electron chi connectivity index (χ1n) is 8.65. The molecule has 0 saturated heterocycles. The molecule has 3 rings (SSSR count). The fourth-order valence-corrected chi connectivity index (χ4v) is 2.71. The molecule has 1 aromatic heterocycles. The molecule has 0 spiro atoms. The minimum atomic E-state index is -0.849. The summed E-state index contributed by atoms with van der Waals surface area (Å²) in [5.74, 6) is -1.07. The zero-order valence-corrected chi connectivity index (χ0v) is 16.2. The third-order valence-electron chi connectivity index (χ3n) is 3.90. The molecule has 30 heavy (non-hydrogen) atoms. The zero-order chi connectivity index (χ0) is 21.5. The SMILES string of the molecule is O=C(OCc1ccco1)C(=Cc1cccc([N+](=O)[O-])c1)NC(=O)c1ccccc1Cl. The number of esters is 1. The van der Waals surface area contributed by atoms with Crippen molar-refractivity contribution in [2.24, 2.45) is 0 Å². The first kappa shape index (κ1) is 20.8. The summed E-state index contributed by atoms with van der Waals surface area (Å²) >= 11 is 6.04. The Labute approximate surface area is 175 Å². The van der Waals surface area contributed by atoms with E-state index in [0.29, 0.717) is 11.3 Å². The van der Waals surface area contributed by atoms with E-state index >= 15 is 0 Å². The summed E-state index contributed by atoms with van der Waals surface area (Å²) in [6, 6.07) is 15.2. The number of halogens is 1. The van der Waals surface area contributed by atoms with Crippen molar-refractivity contribution in [3.63, 3.8) is 0 Å². The van der Waals surface area contributed by atoms with Crippen molar-refractivity contribution >= 4 is 35.2 Å². The van der Waals surface area contributed by atoms with Gasteiger partial charge in [-0.25, -0.2) is 4.79 Å². The Kier molecular flexibility index (Phi) is 6.61. The number of rotatable bonds is 7. The fourth-order valence-electron chi connectivity index (χ4n) is 2.48. The summed E-state index contributed by atoms with van der Waals surface area (Å²) in [6.45, 7) is -0.153. The van der Waals surface area contributed by atoms with Gasteiger partial charge in [0.2, 0.25) is 0 Å². The molecule has 0 aliphatic rings. The van der Waals surface area contributed by atoms with E-state index < -0.39 is 16.8 Å². The Balaban J connectivity index is 1.88. The van der Waals surface area contributed by atoms with Crippen LogP contribution in [0.4, 0.5) is 5.69 Å². The molecule has 8 nitrogen and oxygen atoms in total. The largest absolute Gasteiger partial charge is 0.466 e. The second-order valence-corrected chi connectivity index (χ2v) is 6.41. The summed E-state index contributed by atoms with van der Waals surface area (Å²) in [6.07, 6.45) is 2.72. The molecule has 1 N–H and O–H groups in total. The molecule has 0 aliphatic heterocycles. The van der Waals surface area contributed by atoms with Gasteiger partial charge < -0.3 is 14.5 Å². The van der Waals surface area contributed by atoms with Crippen LogP contribution in [0.2, 0.25) is 5.02 Å². The maximum atomic E-state index is 12.6. The van der Waals surface area contributed by atoms with Gasteiger partial charge in [0.15, 0.2) is 0 Å². The summed E-state index contributed by atoms with van der Waals surface area (Å²) < 4.78 is 10.3. The summed E-state index contributed by atoms with van der Waals surface area (Å²) in [4.78, 5) is 35.7. The molecule has 0 unspecified atom stereocenters. The average Bonchev–Trinajstić information content (AvgIpc) is 3.25. The van der Waals surface area contributed by atoms with Crippen LogP contribution in [0.1, 0.15) is 21.7 Å². The lowest BCUT2D eigenvalue weighted by molar-refractivity contribution is -0.384. The minimum absolute atomic E-state index is 0.153. The number of non-ortho nitro benzene ring substituents is 1. The number of carbonyl (C=O) groups excluding carboxylic acids is 2. The highest BCUT2D eigenvalue weighted by molar-refractivity contribution is 6.34. The van der Waals surface area contributed by atoms with E-state index in [0.717, 1.165) is 0 Å². The smallest absolute Gasteiger partial charge is 0.355 e. The maximum Gasteiger partial charge on any atom is 0.355 e. The molecule has 9 heteroatoms. The normalized spacial score (nSPS) is 11.0. The number of furan rings is 1. The molecule has 0 atom stereocenters. The molecule has 0 aliphatic carbocycles. The molecule has 152 valence electrons. The van der Waals surface area contributed by atoms with Crippen LogP contribution in [0.5, 0.6) is 0 Å². The van der Waals surface area contributed by atoms with Crippen molar-refractivity contribution in [3.8, 4) is 0 Å². The molecule has 0 fully saturated rings. The van der Waals surface area contributed by atoms with Crippen LogP contribution in [-0.2, 0) is 16.1 Å². The predicted octanol–water partition coefficient (Wildman–Crippen LogP) is 4.36. The first-order chi connectivity index (χ1) is 14.4. The van der Waals surface area contributed by atoms with Crippen LogP contribution in [0, 0.1) is 10.1 Å². The second kappa shape index (κ2) is 9.53. The first-order valence-corrected chi connectivity index (χ1v) is 9.03. The van der Waals surface area contributed by atoms with Gasteiger partial charge in [-0.2, -0.15) is 0 Å². The fraction of sp³-hybridized carbons (Fsp3) is 0.0476. The van der Waals surface area contributed by atoms with Crippen LogP contribution >= 0.6 is 11.6 Å². The second-order valence-electron chi connectivity index (χ2n) is 6.00. The Morgan fingerprint density at radius 2 is 1.93 bits per heavy atom. The van der Waals surface area contributed by atoms with Crippen molar-refractivity contribution in [1.29, 1.82) is 0 Å². The lowest BCUT2D eigenvalue weighted by Crippen LogP contribution is -2.28. The number of hydrogen-bond acceptors (Lipinski definition) is 6. The number of carbonyl (C=O) groups is 2. The Morgan fingerprint density at radius 1 is 1.13 bits per heavy atom. The van der Waals surface area contributed by atoms with Crippen molar-refractivity contribution in [3.05, 3.63) is 105 Å². The van der Waals surface area contributed by atoms with E-state index in [1.807, 2.05) is 0 Å². The van der Waals surface area contributed by atoms with Crippen molar-refractivity contribution in [2.75, 3.05) is 0 Å². The van der Waals surface area contributed by atoms with E-state index in [1.54, 1.807) is 30.3 Å². The topological polar surface area (TPSA) is 112 Å². The molecule has 3 aromatic rings. The zero-order valence-electron chi connectivity index (χ0n) is 15.4. The monoisotopic (exact) mass is 426 g/mol. The van der Waals surface area contributed by atoms with Gasteiger partial charge >= 0.3 is 5.97 Å². The number of nitro benzene ring substituents is 1. The molecule has 0 saturated carbocycles. The third kappa shape index (κ3) is 5.33. The third-order valence-corrected chi connectivity index (χ3v) is 4.23. The van der Waals surface area contributed by atoms with E-state index in [-0.39, 0.29) is 28.6 Å². The van der Waals surface area contributed by atoms with Gasteiger partial charge in [0.1, 0.15) is 18.1 Å². The number of hydrogen-bond donors (Lipinski definition) is 1. The highest BCUT2D eigenvalue weighted by Gasteiger charge is 2.18. The number of nitro groups is 1. The van der Waals surface area contributed by atoms with Gasteiger partial charge in [-0.05, 0) is 35.9 Å². The maximum absolute atomic E-state index is 12.6. The van der Waals surface area contributed by atoms with Crippen molar-refractivity contribution in [1.82, 2.24) is 5.32 Å². The molecular weight excluding hydrogens is 412 g/mol. The van der Waals surface area contributed by atoms with Crippen LogP contribution in [0.15, 0.2) is 77.0 Å². The van der Waals surface area contributed by atoms with Gasteiger partial charge in [0.05, 0.1) is 21.8 Å². The van der Waals surface area contributed by atoms with Crippen LogP contribution < -0.4 is 5.32 Å². The Hall–Kier alpha value is -3.91. The highest BCUT2D eigenvalue weighted by Crippen LogP contribution is 2.18. The Morgan fingerprint density at radius 3 is 2.63 bits per heavy atom. The number of ether oxygens (including phenoxy) is 1. The molecule has 2 aromatic carbocycles. The van der Waals surface area contributed by atoms with E-state index in [4.69, 9.17) is 20.8 Å². The number of benzene rings is 2. The predicted molar refractivity (Wildman–Crippen MR) is 108 cm³/mol. The number of nitrogens with one attached hydrogen (secondary N) is 1. The summed E-state index contributed by atoms with van der Waals surface area (Å²) in [5.41, 5.74) is 0.105. The standard InChI is InChI=1S/C21H15ClN2O6/c22-18-9-2-1-8-17(18)20(25)23-19(21(26)30-13-16-7-4-10-29-16)12-14-5-3-6-15(11-14)24(27)28/h1-12H,13H2,(H,23,25). The van der Waals surface area contributed by atoms with E-state index in [1.165, 1.54) is 42.7 Å². The molecule has 1 amide bonds. The van der Waals surface area contributed by atoms with Crippen molar-refractivity contribution in [2.45, 2.75) is 6.61 Å². The highest BCUT2D eigenvalue weighted by atomic mass is 35.5. The minimum Gasteiger partial charge on any atom is -0.466 e. The van der Waals surface area contributed by atoms with Crippen molar-refractivity contribution < 1.29 is 23.7 Å². The van der Waals surface area contributed by atoms with E-state index in [2.05, 4.69) is 5.32 Å². The van der Waals surface area contributed by atoms with Gasteiger partial charge in [-0.15, -0.1) is 0 Å². The molecular formula is C21H15ClN2O6. The lowest BCUT2D eigenvalue weighted by atomic mass is 10.1. The van der Waals surface area contributed by atoms with Crippen LogP contribution in [0.3, 0.4) is 0 Å². The molecule has 0 radical (unpaired) electrons. The Bertz CT molecular complexity index is 1110.